The number of benzene rings is 1. The molecule has 1 heterocycles. The first-order chi connectivity index (χ1) is 13.9. The molecule has 4 rings (SSSR count). The largest absolute Gasteiger partial charge is 0.307 e. The Morgan fingerprint density at radius 3 is 2.48 bits per heavy atom. The van der Waals surface area contributed by atoms with Crippen molar-refractivity contribution in [1.29, 1.82) is 0 Å². The Hall–Kier alpha value is -2.19. The molecule has 0 radical (unpaired) electrons. The van der Waals surface area contributed by atoms with Gasteiger partial charge in [0.25, 0.3) is 5.91 Å². The minimum atomic E-state index is -3.56. The van der Waals surface area contributed by atoms with Gasteiger partial charge in [-0.15, -0.1) is 0 Å². The smallest absolute Gasteiger partial charge is 0.256 e. The molecule has 2 aliphatic carbocycles. The highest BCUT2D eigenvalue weighted by atomic mass is 32.2. The van der Waals surface area contributed by atoms with Crippen molar-refractivity contribution in [2.24, 2.45) is 7.05 Å². The van der Waals surface area contributed by atoms with Crippen molar-refractivity contribution in [3.05, 3.63) is 41.1 Å². The van der Waals surface area contributed by atoms with Crippen molar-refractivity contribution in [1.82, 2.24) is 14.1 Å². The van der Waals surface area contributed by atoms with E-state index in [0.717, 1.165) is 62.0 Å². The van der Waals surface area contributed by atoms with Crippen LogP contribution in [0.4, 0.5) is 5.82 Å². The average molecular weight is 417 g/mol. The highest BCUT2D eigenvalue weighted by Crippen LogP contribution is 2.29. The number of nitrogens with zero attached hydrogens (tertiary/aromatic N) is 3. The number of anilines is 1. The lowest BCUT2D eigenvalue weighted by molar-refractivity contribution is 0.102. The summed E-state index contributed by atoms with van der Waals surface area (Å²) in [6.07, 6.45) is 8.05. The van der Waals surface area contributed by atoms with Crippen LogP contribution in [0.5, 0.6) is 0 Å². The molecule has 0 saturated heterocycles. The van der Waals surface area contributed by atoms with Gasteiger partial charge in [-0.05, 0) is 56.4 Å². The molecule has 0 bridgehead atoms. The minimum absolute atomic E-state index is 0.0589. The van der Waals surface area contributed by atoms with E-state index >= 15 is 0 Å². The Morgan fingerprint density at radius 1 is 1.10 bits per heavy atom. The van der Waals surface area contributed by atoms with E-state index in [2.05, 4.69) is 10.4 Å². The van der Waals surface area contributed by atoms with Crippen LogP contribution in [-0.4, -0.2) is 41.5 Å². The van der Waals surface area contributed by atoms with Gasteiger partial charge in [0.15, 0.2) is 0 Å². The van der Waals surface area contributed by atoms with Crippen molar-refractivity contribution in [3.8, 4) is 0 Å². The molecular formula is C21H28N4O3S. The molecule has 29 heavy (non-hydrogen) atoms. The van der Waals surface area contributed by atoms with E-state index < -0.39 is 10.0 Å². The van der Waals surface area contributed by atoms with E-state index in [1.807, 2.05) is 7.05 Å². The minimum Gasteiger partial charge on any atom is -0.307 e. The Morgan fingerprint density at radius 2 is 1.79 bits per heavy atom. The van der Waals surface area contributed by atoms with Crippen molar-refractivity contribution in [3.63, 3.8) is 0 Å². The number of carbonyl (C=O) groups excluding carboxylic acids is 1. The molecule has 0 unspecified atom stereocenters. The molecule has 0 spiro atoms. The molecule has 1 aromatic heterocycles. The van der Waals surface area contributed by atoms with Gasteiger partial charge in [-0.1, -0.05) is 19.3 Å². The fourth-order valence-corrected chi connectivity index (χ4v) is 5.86. The van der Waals surface area contributed by atoms with Gasteiger partial charge in [0.05, 0.1) is 10.6 Å². The lowest BCUT2D eigenvalue weighted by Gasteiger charge is -2.30. The SMILES string of the molecule is CN(C1CCCCC1)S(=O)(=O)c1ccc(C(=O)Nc2c3c(nn2C)CCC3)cc1. The van der Waals surface area contributed by atoms with E-state index in [4.69, 9.17) is 0 Å². The first-order valence-corrected chi connectivity index (χ1v) is 11.8. The lowest BCUT2D eigenvalue weighted by Crippen LogP contribution is -2.38. The molecule has 2 aromatic rings. The number of aryl methyl sites for hydroxylation is 2. The Kier molecular flexibility index (Phi) is 5.48. The van der Waals surface area contributed by atoms with Crippen LogP contribution in [0, 0.1) is 0 Å². The fourth-order valence-electron chi connectivity index (χ4n) is 4.44. The average Bonchev–Trinajstić information content (AvgIpc) is 3.30. The molecule has 1 N–H and O–H groups in total. The fraction of sp³-hybridized carbons (Fsp3) is 0.524. The second-order valence-electron chi connectivity index (χ2n) is 8.04. The predicted octanol–water partition coefficient (Wildman–Crippen LogP) is 3.11. The van der Waals surface area contributed by atoms with Crippen LogP contribution < -0.4 is 5.32 Å². The lowest BCUT2D eigenvalue weighted by atomic mass is 9.96. The Balaban J connectivity index is 1.49. The van der Waals surface area contributed by atoms with Gasteiger partial charge >= 0.3 is 0 Å². The van der Waals surface area contributed by atoms with Gasteiger partial charge in [-0.3, -0.25) is 9.48 Å². The summed E-state index contributed by atoms with van der Waals surface area (Å²) in [5.74, 6) is 0.475. The maximum absolute atomic E-state index is 13.0. The summed E-state index contributed by atoms with van der Waals surface area (Å²) < 4.78 is 29.1. The zero-order valence-corrected chi connectivity index (χ0v) is 17.8. The van der Waals surface area contributed by atoms with E-state index in [1.165, 1.54) is 22.9 Å². The number of carbonyl (C=O) groups is 1. The molecular weight excluding hydrogens is 388 g/mol. The zero-order valence-electron chi connectivity index (χ0n) is 17.0. The van der Waals surface area contributed by atoms with Crippen LogP contribution in [0.1, 0.15) is 60.1 Å². The van der Waals surface area contributed by atoms with Gasteiger partial charge in [0, 0.05) is 31.3 Å². The second-order valence-corrected chi connectivity index (χ2v) is 10.0. The first kappa shape index (κ1) is 20.1. The molecule has 1 aromatic carbocycles. The summed E-state index contributed by atoms with van der Waals surface area (Å²) in [6.45, 7) is 0. The van der Waals surface area contributed by atoms with Crippen LogP contribution in [0.25, 0.3) is 0 Å². The number of hydrogen-bond donors (Lipinski definition) is 1. The third kappa shape index (κ3) is 3.83. The number of nitrogens with one attached hydrogen (secondary N) is 1. The molecule has 0 atom stereocenters. The van der Waals surface area contributed by atoms with Gasteiger partial charge in [-0.25, -0.2) is 8.42 Å². The number of sulfonamides is 1. The van der Waals surface area contributed by atoms with Crippen molar-refractivity contribution in [2.45, 2.75) is 62.3 Å². The topological polar surface area (TPSA) is 84.3 Å². The van der Waals surface area contributed by atoms with Gasteiger partial charge < -0.3 is 5.32 Å². The maximum Gasteiger partial charge on any atom is 0.256 e. The summed E-state index contributed by atoms with van der Waals surface area (Å²) >= 11 is 0. The summed E-state index contributed by atoms with van der Waals surface area (Å²) in [6, 6.07) is 6.26. The molecule has 1 amide bonds. The third-order valence-electron chi connectivity index (χ3n) is 6.18. The predicted molar refractivity (Wildman–Crippen MR) is 111 cm³/mol. The van der Waals surface area contributed by atoms with E-state index in [-0.39, 0.29) is 16.8 Å². The highest BCUT2D eigenvalue weighted by molar-refractivity contribution is 7.89. The second kappa shape index (κ2) is 7.91. The molecule has 1 fully saturated rings. The third-order valence-corrected chi connectivity index (χ3v) is 8.11. The number of rotatable bonds is 5. The molecule has 2 aliphatic rings. The van der Waals surface area contributed by atoms with Crippen molar-refractivity contribution >= 4 is 21.7 Å². The number of fused-ring (bicyclic) bond motifs is 1. The number of amides is 1. The molecule has 8 heteroatoms. The standard InChI is InChI=1S/C21H28N4O3S/c1-24-20(18-9-6-10-19(18)23-24)22-21(26)15-11-13-17(14-12-15)29(27,28)25(2)16-7-4-3-5-8-16/h11-14,16H,3-10H2,1-2H3,(H,22,26). The van der Waals surface area contributed by atoms with Crippen LogP contribution in [-0.2, 0) is 29.9 Å². The van der Waals surface area contributed by atoms with Crippen molar-refractivity contribution in [2.75, 3.05) is 12.4 Å². The van der Waals surface area contributed by atoms with E-state index in [1.54, 1.807) is 23.9 Å². The Bertz CT molecular complexity index is 1010. The first-order valence-electron chi connectivity index (χ1n) is 10.3. The number of aromatic nitrogens is 2. The summed E-state index contributed by atoms with van der Waals surface area (Å²) in [5, 5.41) is 7.41. The normalized spacial score (nSPS) is 17.5. The van der Waals surface area contributed by atoms with Gasteiger partial charge in [0.1, 0.15) is 5.82 Å². The van der Waals surface area contributed by atoms with E-state index in [0.29, 0.717) is 5.56 Å². The summed E-state index contributed by atoms with van der Waals surface area (Å²) in [5.41, 5.74) is 2.58. The maximum atomic E-state index is 13.0. The Labute approximate surface area is 172 Å². The van der Waals surface area contributed by atoms with Crippen LogP contribution in [0.3, 0.4) is 0 Å². The van der Waals surface area contributed by atoms with Gasteiger partial charge in [0.2, 0.25) is 10.0 Å². The highest BCUT2D eigenvalue weighted by Gasteiger charge is 2.29. The van der Waals surface area contributed by atoms with Gasteiger partial charge in [-0.2, -0.15) is 9.40 Å². The zero-order chi connectivity index (χ0) is 20.6. The summed E-state index contributed by atoms with van der Waals surface area (Å²) in [4.78, 5) is 12.9. The number of hydrogen-bond acceptors (Lipinski definition) is 4. The molecule has 7 nitrogen and oxygen atoms in total. The quantitative estimate of drug-likeness (QED) is 0.812. The molecule has 0 aliphatic heterocycles. The molecule has 1 saturated carbocycles. The molecule has 156 valence electrons. The van der Waals surface area contributed by atoms with Crippen molar-refractivity contribution < 1.29 is 13.2 Å². The van der Waals surface area contributed by atoms with Crippen LogP contribution in [0.15, 0.2) is 29.2 Å². The van der Waals surface area contributed by atoms with Crippen LogP contribution >= 0.6 is 0 Å². The summed E-state index contributed by atoms with van der Waals surface area (Å²) in [7, 11) is -0.0725. The van der Waals surface area contributed by atoms with E-state index in [9.17, 15) is 13.2 Å². The van der Waals surface area contributed by atoms with Crippen LogP contribution in [0.2, 0.25) is 0 Å². The monoisotopic (exact) mass is 416 g/mol.